The molecule has 2 rings (SSSR count). The zero-order valence-corrected chi connectivity index (χ0v) is 12.8. The van der Waals surface area contributed by atoms with E-state index >= 15 is 0 Å². The number of benzene rings is 1. The van der Waals surface area contributed by atoms with E-state index in [1.165, 1.54) is 4.88 Å². The normalized spacial score (nSPS) is 12.2. The monoisotopic (exact) mass is 289 g/mol. The van der Waals surface area contributed by atoms with Crippen LogP contribution in [0.4, 0.5) is 5.69 Å². The molecule has 106 valence electrons. The van der Waals surface area contributed by atoms with E-state index in [-0.39, 0.29) is 0 Å². The van der Waals surface area contributed by atoms with Crippen molar-refractivity contribution in [1.82, 2.24) is 0 Å². The Hall–Kier alpha value is -1.81. The summed E-state index contributed by atoms with van der Waals surface area (Å²) in [5.74, 6) is -0.881. The van der Waals surface area contributed by atoms with Crippen molar-refractivity contribution >= 4 is 23.0 Å². The maximum Gasteiger partial charge on any atom is 0.335 e. The molecular formula is C16H19NO2S. The van der Waals surface area contributed by atoms with Gasteiger partial charge < -0.3 is 10.0 Å². The SMILES string of the molecule is Cc1cc(C(=O)O)ccc1N(C)C(C)Cc1cccs1. The Morgan fingerprint density at radius 1 is 1.40 bits per heavy atom. The molecule has 0 aliphatic rings. The Morgan fingerprint density at radius 2 is 2.15 bits per heavy atom. The Labute approximate surface area is 123 Å². The van der Waals surface area contributed by atoms with Gasteiger partial charge in [-0.05, 0) is 49.1 Å². The molecule has 0 aliphatic carbocycles. The average Bonchev–Trinajstić information content (AvgIpc) is 2.90. The van der Waals surface area contributed by atoms with Gasteiger partial charge in [-0.3, -0.25) is 0 Å². The van der Waals surface area contributed by atoms with Crippen LogP contribution in [0, 0.1) is 6.92 Å². The molecular weight excluding hydrogens is 270 g/mol. The van der Waals surface area contributed by atoms with Crippen molar-refractivity contribution in [2.75, 3.05) is 11.9 Å². The predicted octanol–water partition coefficient (Wildman–Crippen LogP) is 3.82. The van der Waals surface area contributed by atoms with Gasteiger partial charge in [-0.15, -0.1) is 11.3 Å². The smallest absolute Gasteiger partial charge is 0.335 e. The summed E-state index contributed by atoms with van der Waals surface area (Å²) in [5.41, 5.74) is 2.41. The molecule has 1 atom stereocenters. The van der Waals surface area contributed by atoms with Gasteiger partial charge in [0.2, 0.25) is 0 Å². The molecule has 3 nitrogen and oxygen atoms in total. The minimum atomic E-state index is -0.881. The van der Waals surface area contributed by atoms with Gasteiger partial charge in [-0.2, -0.15) is 0 Å². The number of rotatable bonds is 5. The van der Waals surface area contributed by atoms with E-state index in [4.69, 9.17) is 5.11 Å². The van der Waals surface area contributed by atoms with Gasteiger partial charge in [0.15, 0.2) is 0 Å². The quantitative estimate of drug-likeness (QED) is 0.909. The molecule has 2 aromatic rings. The first-order chi connectivity index (χ1) is 9.49. The van der Waals surface area contributed by atoms with Gasteiger partial charge in [-0.1, -0.05) is 6.07 Å². The first-order valence-electron chi connectivity index (χ1n) is 6.58. The van der Waals surface area contributed by atoms with Gasteiger partial charge in [0.25, 0.3) is 0 Å². The zero-order chi connectivity index (χ0) is 14.7. The van der Waals surface area contributed by atoms with Crippen LogP contribution in [0.15, 0.2) is 35.7 Å². The number of carbonyl (C=O) groups is 1. The summed E-state index contributed by atoms with van der Waals surface area (Å²) in [6, 6.07) is 9.87. The Morgan fingerprint density at radius 3 is 2.70 bits per heavy atom. The second kappa shape index (κ2) is 6.09. The van der Waals surface area contributed by atoms with Crippen molar-refractivity contribution < 1.29 is 9.90 Å². The molecule has 0 aliphatic heterocycles. The van der Waals surface area contributed by atoms with Gasteiger partial charge >= 0.3 is 5.97 Å². The van der Waals surface area contributed by atoms with Crippen molar-refractivity contribution in [2.45, 2.75) is 26.3 Å². The molecule has 0 radical (unpaired) electrons. The third-order valence-electron chi connectivity index (χ3n) is 3.56. The van der Waals surface area contributed by atoms with E-state index < -0.39 is 5.97 Å². The number of aromatic carboxylic acids is 1. The van der Waals surface area contributed by atoms with Crippen LogP contribution in [0.3, 0.4) is 0 Å². The third kappa shape index (κ3) is 3.20. The highest BCUT2D eigenvalue weighted by Crippen LogP contribution is 2.24. The van der Waals surface area contributed by atoms with Crippen LogP contribution in [0.5, 0.6) is 0 Å². The van der Waals surface area contributed by atoms with Crippen molar-refractivity contribution in [2.24, 2.45) is 0 Å². The van der Waals surface area contributed by atoms with Gasteiger partial charge in [0.1, 0.15) is 0 Å². The molecule has 1 aromatic carbocycles. The van der Waals surface area contributed by atoms with Crippen molar-refractivity contribution in [3.63, 3.8) is 0 Å². The number of nitrogens with zero attached hydrogens (tertiary/aromatic N) is 1. The van der Waals surface area contributed by atoms with E-state index in [0.717, 1.165) is 17.7 Å². The van der Waals surface area contributed by atoms with Crippen molar-refractivity contribution in [1.29, 1.82) is 0 Å². The van der Waals surface area contributed by atoms with Crippen LogP contribution in [0.1, 0.15) is 27.7 Å². The van der Waals surface area contributed by atoms with Gasteiger partial charge in [-0.25, -0.2) is 4.79 Å². The van der Waals surface area contributed by atoms with Crippen molar-refractivity contribution in [3.8, 4) is 0 Å². The van der Waals surface area contributed by atoms with Crippen LogP contribution >= 0.6 is 11.3 Å². The summed E-state index contributed by atoms with van der Waals surface area (Å²) in [4.78, 5) is 14.5. The molecule has 1 unspecified atom stereocenters. The number of likely N-dealkylation sites (N-methyl/N-ethyl adjacent to an activating group) is 1. The van der Waals surface area contributed by atoms with E-state index in [1.807, 2.05) is 13.0 Å². The summed E-state index contributed by atoms with van der Waals surface area (Å²) in [6.07, 6.45) is 0.994. The first-order valence-corrected chi connectivity index (χ1v) is 7.46. The van der Waals surface area contributed by atoms with Crippen LogP contribution in [-0.2, 0) is 6.42 Å². The summed E-state index contributed by atoms with van der Waals surface area (Å²) < 4.78 is 0. The maximum atomic E-state index is 11.0. The lowest BCUT2D eigenvalue weighted by molar-refractivity contribution is 0.0697. The number of carboxylic acid groups (broad SMARTS) is 1. The molecule has 1 heterocycles. The van der Waals surface area contributed by atoms with E-state index in [1.54, 1.807) is 23.5 Å². The predicted molar refractivity (Wildman–Crippen MR) is 84.0 cm³/mol. The standard InChI is InChI=1S/C16H19NO2S/c1-11-9-13(16(18)19)6-7-15(11)17(3)12(2)10-14-5-4-8-20-14/h4-9,12H,10H2,1-3H3,(H,18,19). The highest BCUT2D eigenvalue weighted by molar-refractivity contribution is 7.09. The number of aryl methyl sites for hydroxylation is 1. The molecule has 0 saturated heterocycles. The molecule has 0 spiro atoms. The lowest BCUT2D eigenvalue weighted by Crippen LogP contribution is -2.31. The minimum Gasteiger partial charge on any atom is -0.478 e. The lowest BCUT2D eigenvalue weighted by atomic mass is 10.1. The van der Waals surface area contributed by atoms with E-state index in [0.29, 0.717) is 11.6 Å². The lowest BCUT2D eigenvalue weighted by Gasteiger charge is -2.28. The second-order valence-corrected chi connectivity index (χ2v) is 6.08. The Kier molecular flexibility index (Phi) is 4.45. The number of thiophene rings is 1. The van der Waals surface area contributed by atoms with Crippen molar-refractivity contribution in [3.05, 3.63) is 51.7 Å². The first kappa shape index (κ1) is 14.6. The molecule has 0 saturated carbocycles. The van der Waals surface area contributed by atoms with E-state index in [9.17, 15) is 4.79 Å². The minimum absolute atomic E-state index is 0.338. The topological polar surface area (TPSA) is 40.5 Å². The van der Waals surface area contributed by atoms with Crippen LogP contribution in [-0.4, -0.2) is 24.2 Å². The van der Waals surface area contributed by atoms with Gasteiger partial charge in [0.05, 0.1) is 5.56 Å². The summed E-state index contributed by atoms with van der Waals surface area (Å²) in [5, 5.41) is 11.1. The number of hydrogen-bond donors (Lipinski definition) is 1. The van der Waals surface area contributed by atoms with E-state index in [2.05, 4.69) is 36.4 Å². The highest BCUT2D eigenvalue weighted by atomic mass is 32.1. The summed E-state index contributed by atoms with van der Waals surface area (Å²) in [6.45, 7) is 4.14. The van der Waals surface area contributed by atoms with Crippen LogP contribution in [0.2, 0.25) is 0 Å². The molecule has 1 N–H and O–H groups in total. The maximum absolute atomic E-state index is 11.0. The molecule has 0 bridgehead atoms. The average molecular weight is 289 g/mol. The van der Waals surface area contributed by atoms with Crippen LogP contribution in [0.25, 0.3) is 0 Å². The number of anilines is 1. The number of carboxylic acids is 1. The molecule has 4 heteroatoms. The Bertz CT molecular complexity index is 593. The third-order valence-corrected chi connectivity index (χ3v) is 4.46. The highest BCUT2D eigenvalue weighted by Gasteiger charge is 2.14. The fourth-order valence-electron chi connectivity index (χ4n) is 2.28. The largest absolute Gasteiger partial charge is 0.478 e. The molecule has 0 fully saturated rings. The summed E-state index contributed by atoms with van der Waals surface area (Å²) in [7, 11) is 2.06. The summed E-state index contributed by atoms with van der Waals surface area (Å²) >= 11 is 1.77. The fraction of sp³-hybridized carbons (Fsp3) is 0.312. The Balaban J connectivity index is 2.16. The molecule has 0 amide bonds. The van der Waals surface area contributed by atoms with Gasteiger partial charge in [0, 0.05) is 30.1 Å². The zero-order valence-electron chi connectivity index (χ0n) is 12.0. The molecule has 20 heavy (non-hydrogen) atoms. The molecule has 1 aromatic heterocycles. The second-order valence-electron chi connectivity index (χ2n) is 5.05. The van der Waals surface area contributed by atoms with Crippen LogP contribution < -0.4 is 4.90 Å². The fourth-order valence-corrected chi connectivity index (χ4v) is 3.10. The number of hydrogen-bond acceptors (Lipinski definition) is 3.